The lowest BCUT2D eigenvalue weighted by Gasteiger charge is -2.16. The van der Waals surface area contributed by atoms with Gasteiger partial charge in [-0.1, -0.05) is 13.0 Å². The van der Waals surface area contributed by atoms with E-state index < -0.39 is 0 Å². The van der Waals surface area contributed by atoms with Crippen LogP contribution in [0.3, 0.4) is 0 Å². The van der Waals surface area contributed by atoms with Crippen LogP contribution >= 0.6 is 15.9 Å². The summed E-state index contributed by atoms with van der Waals surface area (Å²) in [4.78, 5) is 4.39. The first kappa shape index (κ1) is 12.4. The maximum Gasteiger partial charge on any atom is 0.0577 e. The molecular formula is C12H17BrN2. The summed E-state index contributed by atoms with van der Waals surface area (Å²) >= 11 is 3.38. The third-order valence-corrected chi connectivity index (χ3v) is 2.62. The highest BCUT2D eigenvalue weighted by Crippen LogP contribution is 2.17. The van der Waals surface area contributed by atoms with Gasteiger partial charge in [-0.05, 0) is 47.4 Å². The molecule has 0 aromatic carbocycles. The van der Waals surface area contributed by atoms with Gasteiger partial charge in [-0.3, -0.25) is 4.98 Å². The zero-order valence-corrected chi connectivity index (χ0v) is 10.6. The smallest absolute Gasteiger partial charge is 0.0577 e. The zero-order valence-electron chi connectivity index (χ0n) is 9.04. The molecule has 0 aliphatic carbocycles. The molecule has 82 valence electrons. The standard InChI is InChI=1S/C12H17BrN2/c1-3-5-11(14-8-4-2)12-7-6-10(13)9-15-12/h3,6-7,9,11,14H,1,4-5,8H2,2H3. The molecule has 1 rings (SSSR count). The van der Waals surface area contributed by atoms with Gasteiger partial charge < -0.3 is 5.32 Å². The second-order valence-electron chi connectivity index (χ2n) is 3.43. The van der Waals surface area contributed by atoms with E-state index in [2.05, 4.69) is 39.7 Å². The Morgan fingerprint density at radius 3 is 2.93 bits per heavy atom. The summed E-state index contributed by atoms with van der Waals surface area (Å²) in [5, 5.41) is 3.46. The van der Waals surface area contributed by atoms with E-state index in [0.717, 1.165) is 29.6 Å². The number of rotatable bonds is 6. The predicted octanol–water partition coefficient (Wildman–Crippen LogP) is 3.46. The highest BCUT2D eigenvalue weighted by atomic mass is 79.9. The van der Waals surface area contributed by atoms with E-state index >= 15 is 0 Å². The van der Waals surface area contributed by atoms with Crippen molar-refractivity contribution in [2.75, 3.05) is 6.54 Å². The Morgan fingerprint density at radius 1 is 1.60 bits per heavy atom. The summed E-state index contributed by atoms with van der Waals surface area (Å²) in [5.41, 5.74) is 1.08. The van der Waals surface area contributed by atoms with Crippen molar-refractivity contribution in [3.63, 3.8) is 0 Å². The molecule has 0 aliphatic rings. The summed E-state index contributed by atoms with van der Waals surface area (Å²) in [6.07, 6.45) is 5.80. The molecule has 0 aliphatic heterocycles. The number of hydrogen-bond donors (Lipinski definition) is 1. The molecule has 0 amide bonds. The van der Waals surface area contributed by atoms with Crippen molar-refractivity contribution in [1.82, 2.24) is 10.3 Å². The molecule has 1 N–H and O–H groups in total. The van der Waals surface area contributed by atoms with Gasteiger partial charge in [0.15, 0.2) is 0 Å². The van der Waals surface area contributed by atoms with Crippen LogP contribution in [0.15, 0.2) is 35.5 Å². The second kappa shape index (κ2) is 6.75. The SMILES string of the molecule is C=CCC(NCCC)c1ccc(Br)cn1. The fraction of sp³-hybridized carbons (Fsp3) is 0.417. The highest BCUT2D eigenvalue weighted by molar-refractivity contribution is 9.10. The highest BCUT2D eigenvalue weighted by Gasteiger charge is 2.09. The van der Waals surface area contributed by atoms with Gasteiger partial charge >= 0.3 is 0 Å². The van der Waals surface area contributed by atoms with E-state index in [4.69, 9.17) is 0 Å². The van der Waals surface area contributed by atoms with Crippen LogP contribution in [-0.2, 0) is 0 Å². The van der Waals surface area contributed by atoms with E-state index in [1.807, 2.05) is 24.4 Å². The normalized spacial score (nSPS) is 12.4. The van der Waals surface area contributed by atoms with Crippen LogP contribution in [0.4, 0.5) is 0 Å². The molecule has 1 aromatic heterocycles. The second-order valence-corrected chi connectivity index (χ2v) is 4.35. The van der Waals surface area contributed by atoms with Crippen molar-refractivity contribution in [3.8, 4) is 0 Å². The van der Waals surface area contributed by atoms with Gasteiger partial charge in [-0.2, -0.15) is 0 Å². The Hall–Kier alpha value is -0.670. The van der Waals surface area contributed by atoms with Gasteiger partial charge in [-0.25, -0.2) is 0 Å². The minimum atomic E-state index is 0.288. The number of aromatic nitrogens is 1. The number of nitrogens with zero attached hydrogens (tertiary/aromatic N) is 1. The molecule has 1 atom stereocenters. The summed E-state index contributed by atoms with van der Waals surface area (Å²) in [6.45, 7) is 6.94. The van der Waals surface area contributed by atoms with Gasteiger partial charge in [0.25, 0.3) is 0 Å². The van der Waals surface area contributed by atoms with E-state index in [9.17, 15) is 0 Å². The Balaban J connectivity index is 2.69. The van der Waals surface area contributed by atoms with Crippen LogP contribution in [0, 0.1) is 0 Å². The van der Waals surface area contributed by atoms with Crippen molar-refractivity contribution in [2.24, 2.45) is 0 Å². The monoisotopic (exact) mass is 268 g/mol. The first-order chi connectivity index (χ1) is 7.27. The molecule has 0 saturated heterocycles. The molecule has 0 saturated carbocycles. The molecule has 0 radical (unpaired) electrons. The Bertz CT molecular complexity index is 295. The molecule has 0 spiro atoms. The Kier molecular flexibility index (Phi) is 5.58. The number of halogens is 1. The average Bonchev–Trinajstić information content (AvgIpc) is 2.25. The third kappa shape index (κ3) is 4.14. The lowest BCUT2D eigenvalue weighted by Crippen LogP contribution is -2.22. The quantitative estimate of drug-likeness (QED) is 0.800. The summed E-state index contributed by atoms with van der Waals surface area (Å²) in [5.74, 6) is 0. The largest absolute Gasteiger partial charge is 0.308 e. The van der Waals surface area contributed by atoms with Crippen LogP contribution in [0.25, 0.3) is 0 Å². The fourth-order valence-electron chi connectivity index (χ4n) is 1.39. The molecular weight excluding hydrogens is 252 g/mol. The Labute approximate surface area is 99.9 Å². The van der Waals surface area contributed by atoms with Crippen molar-refractivity contribution in [2.45, 2.75) is 25.8 Å². The van der Waals surface area contributed by atoms with Crippen molar-refractivity contribution in [1.29, 1.82) is 0 Å². The number of hydrogen-bond acceptors (Lipinski definition) is 2. The molecule has 3 heteroatoms. The van der Waals surface area contributed by atoms with E-state index in [1.165, 1.54) is 0 Å². The van der Waals surface area contributed by atoms with E-state index in [-0.39, 0.29) is 6.04 Å². The van der Waals surface area contributed by atoms with E-state index in [0.29, 0.717) is 0 Å². The predicted molar refractivity (Wildman–Crippen MR) is 67.8 cm³/mol. The van der Waals surface area contributed by atoms with Crippen molar-refractivity contribution < 1.29 is 0 Å². The molecule has 1 heterocycles. The summed E-state index contributed by atoms with van der Waals surface area (Å²) in [6, 6.07) is 4.35. The number of pyridine rings is 1. The maximum absolute atomic E-state index is 4.39. The molecule has 0 fully saturated rings. The van der Waals surface area contributed by atoms with Crippen LogP contribution in [-0.4, -0.2) is 11.5 Å². The lowest BCUT2D eigenvalue weighted by molar-refractivity contribution is 0.525. The molecule has 2 nitrogen and oxygen atoms in total. The molecule has 1 unspecified atom stereocenters. The summed E-state index contributed by atoms with van der Waals surface area (Å²) < 4.78 is 1.01. The van der Waals surface area contributed by atoms with Gasteiger partial charge in [0, 0.05) is 10.7 Å². The Morgan fingerprint density at radius 2 is 2.40 bits per heavy atom. The minimum absolute atomic E-state index is 0.288. The lowest BCUT2D eigenvalue weighted by atomic mass is 10.1. The molecule has 15 heavy (non-hydrogen) atoms. The number of nitrogens with one attached hydrogen (secondary N) is 1. The fourth-order valence-corrected chi connectivity index (χ4v) is 1.62. The van der Waals surface area contributed by atoms with E-state index in [1.54, 1.807) is 0 Å². The maximum atomic E-state index is 4.39. The van der Waals surface area contributed by atoms with Crippen LogP contribution in [0.5, 0.6) is 0 Å². The third-order valence-electron chi connectivity index (χ3n) is 2.15. The molecule has 0 bridgehead atoms. The van der Waals surface area contributed by atoms with Crippen LogP contribution < -0.4 is 5.32 Å². The van der Waals surface area contributed by atoms with Crippen molar-refractivity contribution >= 4 is 15.9 Å². The first-order valence-corrected chi connectivity index (χ1v) is 6.03. The zero-order chi connectivity index (χ0) is 11.1. The molecule has 1 aromatic rings. The van der Waals surface area contributed by atoms with Gasteiger partial charge in [-0.15, -0.1) is 6.58 Å². The minimum Gasteiger partial charge on any atom is -0.308 e. The van der Waals surface area contributed by atoms with Gasteiger partial charge in [0.05, 0.1) is 11.7 Å². The summed E-state index contributed by atoms with van der Waals surface area (Å²) in [7, 11) is 0. The average molecular weight is 269 g/mol. The first-order valence-electron chi connectivity index (χ1n) is 5.23. The van der Waals surface area contributed by atoms with Crippen LogP contribution in [0.2, 0.25) is 0 Å². The van der Waals surface area contributed by atoms with Crippen LogP contribution in [0.1, 0.15) is 31.5 Å². The topological polar surface area (TPSA) is 24.9 Å². The van der Waals surface area contributed by atoms with Gasteiger partial charge in [0.1, 0.15) is 0 Å². The van der Waals surface area contributed by atoms with Crippen molar-refractivity contribution in [3.05, 3.63) is 41.2 Å². The van der Waals surface area contributed by atoms with Gasteiger partial charge in [0.2, 0.25) is 0 Å².